The topological polar surface area (TPSA) is 17.1 Å². The van der Waals surface area contributed by atoms with E-state index >= 15 is 0 Å². The Labute approximate surface area is 102 Å². The van der Waals surface area contributed by atoms with E-state index in [0.29, 0.717) is 5.88 Å². The molecule has 0 saturated carbocycles. The second-order valence-electron chi connectivity index (χ2n) is 2.96. The highest BCUT2D eigenvalue weighted by molar-refractivity contribution is 9.10. The first-order valence-electron chi connectivity index (χ1n) is 4.05. The number of Topliss-reactive ketones (excluding diaryl/α,β-unsaturated/α-hetero) is 1. The molecule has 1 aromatic rings. The summed E-state index contributed by atoms with van der Waals surface area (Å²) in [7, 11) is 0. The predicted octanol–water partition coefficient (Wildman–Crippen LogP) is 4.06. The van der Waals surface area contributed by atoms with E-state index in [9.17, 15) is 4.79 Å². The summed E-state index contributed by atoms with van der Waals surface area (Å²) in [4.78, 5) is 11.1. The molecule has 0 amide bonds. The highest BCUT2D eigenvalue weighted by Crippen LogP contribution is 2.30. The van der Waals surface area contributed by atoms with Crippen LogP contribution in [-0.2, 0) is 10.7 Å². The fourth-order valence-electron chi connectivity index (χ4n) is 1.09. The van der Waals surface area contributed by atoms with Crippen molar-refractivity contribution in [2.24, 2.45) is 0 Å². The second-order valence-corrected chi connectivity index (χ2v) is 4.52. The lowest BCUT2D eigenvalue weighted by molar-refractivity contribution is -0.116. The van der Waals surface area contributed by atoms with Crippen molar-refractivity contribution in [1.82, 2.24) is 0 Å². The lowest BCUT2D eigenvalue weighted by atomic mass is 10.1. The summed E-state index contributed by atoms with van der Waals surface area (Å²) in [6.07, 6.45) is 0. The van der Waals surface area contributed by atoms with Crippen LogP contribution in [0, 0.1) is 0 Å². The van der Waals surface area contributed by atoms with Crippen molar-refractivity contribution in [1.29, 1.82) is 0 Å². The first-order chi connectivity index (χ1) is 6.56. The standard InChI is InChI=1S/C10H9BrCl2O/c1-6(14)10(13)8-4-7(5-12)2-3-9(8)11/h2-4,10H,5H2,1H3. The van der Waals surface area contributed by atoms with Gasteiger partial charge in [-0.3, -0.25) is 4.79 Å². The van der Waals surface area contributed by atoms with Crippen LogP contribution in [0.3, 0.4) is 0 Å². The summed E-state index contributed by atoms with van der Waals surface area (Å²) < 4.78 is 0.835. The zero-order valence-electron chi connectivity index (χ0n) is 7.56. The Morgan fingerprint density at radius 3 is 2.71 bits per heavy atom. The highest BCUT2D eigenvalue weighted by Gasteiger charge is 2.16. The second kappa shape index (κ2) is 5.15. The van der Waals surface area contributed by atoms with Gasteiger partial charge in [-0.25, -0.2) is 0 Å². The molecular formula is C10H9BrCl2O. The van der Waals surface area contributed by atoms with Gasteiger partial charge in [-0.05, 0) is 24.1 Å². The van der Waals surface area contributed by atoms with E-state index in [2.05, 4.69) is 15.9 Å². The van der Waals surface area contributed by atoms with Gasteiger partial charge in [-0.1, -0.05) is 28.1 Å². The van der Waals surface area contributed by atoms with Gasteiger partial charge in [0.25, 0.3) is 0 Å². The molecule has 0 spiro atoms. The molecule has 0 fully saturated rings. The molecule has 0 saturated heterocycles. The number of ketones is 1. The van der Waals surface area contributed by atoms with Crippen LogP contribution in [0.2, 0.25) is 0 Å². The molecular weight excluding hydrogens is 287 g/mol. The predicted molar refractivity (Wildman–Crippen MR) is 63.0 cm³/mol. The van der Waals surface area contributed by atoms with Gasteiger partial charge in [0.2, 0.25) is 0 Å². The molecule has 0 aliphatic carbocycles. The Morgan fingerprint density at radius 2 is 2.21 bits per heavy atom. The van der Waals surface area contributed by atoms with Crippen LogP contribution < -0.4 is 0 Å². The molecule has 1 aromatic carbocycles. The molecule has 1 atom stereocenters. The van der Waals surface area contributed by atoms with E-state index in [1.165, 1.54) is 6.92 Å². The lowest BCUT2D eigenvalue weighted by Gasteiger charge is -2.09. The molecule has 76 valence electrons. The Kier molecular flexibility index (Phi) is 4.42. The number of hydrogen-bond acceptors (Lipinski definition) is 1. The maximum absolute atomic E-state index is 11.1. The Morgan fingerprint density at radius 1 is 1.57 bits per heavy atom. The van der Waals surface area contributed by atoms with Crippen LogP contribution in [-0.4, -0.2) is 5.78 Å². The van der Waals surface area contributed by atoms with Crippen LogP contribution in [0.25, 0.3) is 0 Å². The normalized spacial score (nSPS) is 12.6. The van der Waals surface area contributed by atoms with Gasteiger partial charge in [0.15, 0.2) is 5.78 Å². The molecule has 14 heavy (non-hydrogen) atoms. The summed E-state index contributed by atoms with van der Waals surface area (Å²) in [5.74, 6) is 0.348. The van der Waals surface area contributed by atoms with Gasteiger partial charge in [-0.2, -0.15) is 0 Å². The maximum Gasteiger partial charge on any atom is 0.152 e. The van der Waals surface area contributed by atoms with E-state index in [1.807, 2.05) is 18.2 Å². The average molecular weight is 296 g/mol. The van der Waals surface area contributed by atoms with Crippen LogP contribution in [0.4, 0.5) is 0 Å². The van der Waals surface area contributed by atoms with Crippen LogP contribution in [0.15, 0.2) is 22.7 Å². The fourth-order valence-corrected chi connectivity index (χ4v) is 2.04. The van der Waals surface area contributed by atoms with E-state index in [1.54, 1.807) is 0 Å². The van der Waals surface area contributed by atoms with Gasteiger partial charge < -0.3 is 0 Å². The number of hydrogen-bond donors (Lipinski definition) is 0. The van der Waals surface area contributed by atoms with Gasteiger partial charge >= 0.3 is 0 Å². The van der Waals surface area contributed by atoms with Crippen molar-refractivity contribution in [3.8, 4) is 0 Å². The summed E-state index contributed by atoms with van der Waals surface area (Å²) in [5.41, 5.74) is 1.73. The third kappa shape index (κ3) is 2.72. The molecule has 0 N–H and O–H groups in total. The van der Waals surface area contributed by atoms with E-state index in [0.717, 1.165) is 15.6 Å². The smallest absolute Gasteiger partial charge is 0.152 e. The van der Waals surface area contributed by atoms with Crippen LogP contribution >= 0.6 is 39.1 Å². The summed E-state index contributed by atoms with van der Waals surface area (Å²) in [5, 5.41) is -0.604. The van der Waals surface area contributed by atoms with E-state index in [-0.39, 0.29) is 5.78 Å². The quantitative estimate of drug-likeness (QED) is 0.769. The van der Waals surface area contributed by atoms with Crippen molar-refractivity contribution >= 4 is 44.9 Å². The summed E-state index contributed by atoms with van der Waals surface area (Å²) in [6, 6.07) is 5.59. The third-order valence-electron chi connectivity index (χ3n) is 1.84. The van der Waals surface area contributed by atoms with Crippen molar-refractivity contribution in [3.05, 3.63) is 33.8 Å². The minimum absolute atomic E-state index is 0.0703. The van der Waals surface area contributed by atoms with Crippen molar-refractivity contribution in [2.75, 3.05) is 0 Å². The first kappa shape index (κ1) is 12.0. The van der Waals surface area contributed by atoms with Gasteiger partial charge in [-0.15, -0.1) is 23.2 Å². The molecule has 1 rings (SSSR count). The zero-order chi connectivity index (χ0) is 10.7. The van der Waals surface area contributed by atoms with Crippen LogP contribution in [0.5, 0.6) is 0 Å². The van der Waals surface area contributed by atoms with Crippen molar-refractivity contribution in [3.63, 3.8) is 0 Å². The molecule has 0 aliphatic rings. The Bertz CT molecular complexity index is 352. The Hall–Kier alpha value is -0.0500. The van der Waals surface area contributed by atoms with Crippen LogP contribution in [0.1, 0.15) is 23.4 Å². The average Bonchev–Trinajstić information content (AvgIpc) is 2.17. The first-order valence-corrected chi connectivity index (χ1v) is 5.81. The SMILES string of the molecule is CC(=O)C(Cl)c1cc(CCl)ccc1Br. The summed E-state index contributed by atoms with van der Waals surface area (Å²) >= 11 is 15.0. The molecule has 0 aliphatic heterocycles. The van der Waals surface area contributed by atoms with Gasteiger partial charge in [0.05, 0.1) is 0 Å². The largest absolute Gasteiger partial charge is 0.298 e. The van der Waals surface area contributed by atoms with Gasteiger partial charge in [0.1, 0.15) is 5.38 Å². The zero-order valence-corrected chi connectivity index (χ0v) is 10.7. The van der Waals surface area contributed by atoms with Crippen molar-refractivity contribution in [2.45, 2.75) is 18.2 Å². The fraction of sp³-hybridized carbons (Fsp3) is 0.300. The third-order valence-corrected chi connectivity index (χ3v) is 3.42. The Balaban J connectivity index is 3.11. The minimum Gasteiger partial charge on any atom is -0.298 e. The summed E-state index contributed by atoms with van der Waals surface area (Å²) in [6.45, 7) is 1.47. The van der Waals surface area contributed by atoms with E-state index < -0.39 is 5.38 Å². The van der Waals surface area contributed by atoms with E-state index in [4.69, 9.17) is 23.2 Å². The van der Waals surface area contributed by atoms with Crippen molar-refractivity contribution < 1.29 is 4.79 Å². The van der Waals surface area contributed by atoms with Gasteiger partial charge in [0, 0.05) is 10.4 Å². The highest BCUT2D eigenvalue weighted by atomic mass is 79.9. The number of halogens is 3. The number of carbonyl (C=O) groups excluding carboxylic acids is 1. The molecule has 0 radical (unpaired) electrons. The molecule has 4 heteroatoms. The minimum atomic E-state index is -0.604. The monoisotopic (exact) mass is 294 g/mol. The number of alkyl halides is 2. The number of carbonyl (C=O) groups is 1. The molecule has 0 bridgehead atoms. The molecule has 0 heterocycles. The molecule has 0 aromatic heterocycles. The number of rotatable bonds is 3. The molecule has 1 nitrogen and oxygen atoms in total. The maximum atomic E-state index is 11.1. The molecule has 1 unspecified atom stereocenters. The number of benzene rings is 1. The lowest BCUT2D eigenvalue weighted by Crippen LogP contribution is -2.02.